The third-order valence-electron chi connectivity index (χ3n) is 3.87. The molecule has 0 heterocycles. The topological polar surface area (TPSA) is 46.3 Å². The summed E-state index contributed by atoms with van der Waals surface area (Å²) in [6.07, 6.45) is 7.86. The Morgan fingerprint density at radius 3 is 2.35 bits per heavy atom. The van der Waals surface area contributed by atoms with E-state index in [1.54, 1.807) is 0 Å². The van der Waals surface area contributed by atoms with Crippen molar-refractivity contribution in [2.75, 3.05) is 6.54 Å². The van der Waals surface area contributed by atoms with Gasteiger partial charge in [0.15, 0.2) is 0 Å². The molecule has 1 rings (SSSR count). The van der Waals surface area contributed by atoms with Crippen LogP contribution in [0.15, 0.2) is 0 Å². The van der Waals surface area contributed by atoms with Crippen molar-refractivity contribution in [3.63, 3.8) is 0 Å². The third-order valence-corrected chi connectivity index (χ3v) is 3.87. The molecule has 0 aromatic carbocycles. The zero-order chi connectivity index (χ0) is 12.9. The van der Waals surface area contributed by atoms with Gasteiger partial charge in [0.1, 0.15) is 0 Å². The molecule has 1 fully saturated rings. The maximum atomic E-state index is 12.5. The fraction of sp³-hybridized carbons (Fsp3) is 0.929. The van der Waals surface area contributed by atoms with Crippen molar-refractivity contribution in [1.82, 2.24) is 4.90 Å². The molecule has 1 aliphatic rings. The Kier molecular flexibility index (Phi) is 5.44. The summed E-state index contributed by atoms with van der Waals surface area (Å²) in [6, 6.07) is 0.431. The van der Waals surface area contributed by atoms with Crippen molar-refractivity contribution in [3.8, 4) is 0 Å². The third kappa shape index (κ3) is 3.70. The fourth-order valence-electron chi connectivity index (χ4n) is 2.91. The molecule has 0 aromatic heterocycles. The molecule has 100 valence electrons. The van der Waals surface area contributed by atoms with Crippen molar-refractivity contribution in [3.05, 3.63) is 0 Å². The second-order valence-corrected chi connectivity index (χ2v) is 5.55. The van der Waals surface area contributed by atoms with E-state index in [0.29, 0.717) is 6.04 Å². The van der Waals surface area contributed by atoms with Gasteiger partial charge in [-0.3, -0.25) is 4.79 Å². The van der Waals surface area contributed by atoms with E-state index in [9.17, 15) is 4.79 Å². The van der Waals surface area contributed by atoms with Gasteiger partial charge in [0.05, 0.1) is 5.54 Å². The maximum Gasteiger partial charge on any atom is 0.242 e. The van der Waals surface area contributed by atoms with Crippen LogP contribution in [-0.2, 0) is 4.79 Å². The average Bonchev–Trinajstić information content (AvgIpc) is 2.31. The molecule has 1 saturated carbocycles. The normalized spacial score (nSPS) is 20.9. The minimum Gasteiger partial charge on any atom is -0.338 e. The molecule has 2 N–H and O–H groups in total. The first kappa shape index (κ1) is 14.5. The highest BCUT2D eigenvalue weighted by Crippen LogP contribution is 2.25. The van der Waals surface area contributed by atoms with Crippen LogP contribution in [0.5, 0.6) is 0 Å². The first-order chi connectivity index (χ1) is 8.03. The number of likely N-dealkylation sites (N-methyl/N-ethyl adjacent to an activating group) is 1. The predicted octanol–water partition coefficient (Wildman–Crippen LogP) is 2.69. The van der Waals surface area contributed by atoms with Gasteiger partial charge in [-0.25, -0.2) is 0 Å². The number of rotatable bonds is 5. The maximum absolute atomic E-state index is 12.5. The summed E-state index contributed by atoms with van der Waals surface area (Å²) in [5.74, 6) is 0.147. The second kappa shape index (κ2) is 6.39. The van der Waals surface area contributed by atoms with Gasteiger partial charge in [-0.05, 0) is 33.1 Å². The van der Waals surface area contributed by atoms with E-state index in [1.165, 1.54) is 19.3 Å². The van der Waals surface area contributed by atoms with Crippen molar-refractivity contribution >= 4 is 5.91 Å². The Balaban J connectivity index is 2.68. The molecule has 0 spiro atoms. The van der Waals surface area contributed by atoms with Gasteiger partial charge >= 0.3 is 0 Å². The number of nitrogens with zero attached hydrogens (tertiary/aromatic N) is 1. The monoisotopic (exact) mass is 240 g/mol. The van der Waals surface area contributed by atoms with Gasteiger partial charge in [-0.1, -0.05) is 32.6 Å². The van der Waals surface area contributed by atoms with E-state index >= 15 is 0 Å². The minimum atomic E-state index is -0.678. The summed E-state index contributed by atoms with van der Waals surface area (Å²) < 4.78 is 0. The molecule has 1 aliphatic carbocycles. The number of carbonyl (C=O) groups excluding carboxylic acids is 1. The summed E-state index contributed by atoms with van der Waals surface area (Å²) in [5, 5.41) is 0. The lowest BCUT2D eigenvalue weighted by Crippen LogP contribution is -2.56. The molecule has 1 unspecified atom stereocenters. The zero-order valence-electron chi connectivity index (χ0n) is 11.7. The Bertz CT molecular complexity index is 245. The van der Waals surface area contributed by atoms with Crippen LogP contribution >= 0.6 is 0 Å². The van der Waals surface area contributed by atoms with Crippen molar-refractivity contribution in [2.24, 2.45) is 5.73 Å². The quantitative estimate of drug-likeness (QED) is 0.803. The standard InChI is InChI=1S/C14H28N2O/c1-4-11-14(3,15)13(17)16(5-2)12-9-7-6-8-10-12/h12H,4-11,15H2,1-3H3. The van der Waals surface area contributed by atoms with Crippen molar-refractivity contribution < 1.29 is 4.79 Å². The average molecular weight is 240 g/mol. The molecule has 0 aromatic rings. The fourth-order valence-corrected chi connectivity index (χ4v) is 2.91. The van der Waals surface area contributed by atoms with Crippen LogP contribution in [0.2, 0.25) is 0 Å². The van der Waals surface area contributed by atoms with Gasteiger partial charge in [0.2, 0.25) is 5.91 Å². The van der Waals surface area contributed by atoms with Crippen LogP contribution in [-0.4, -0.2) is 28.9 Å². The second-order valence-electron chi connectivity index (χ2n) is 5.55. The van der Waals surface area contributed by atoms with E-state index in [0.717, 1.165) is 32.2 Å². The van der Waals surface area contributed by atoms with Crippen LogP contribution in [0.25, 0.3) is 0 Å². The van der Waals surface area contributed by atoms with Gasteiger partial charge in [0.25, 0.3) is 0 Å². The molecule has 1 atom stereocenters. The Morgan fingerprint density at radius 1 is 1.29 bits per heavy atom. The lowest BCUT2D eigenvalue weighted by molar-refractivity contribution is -0.139. The number of nitrogens with two attached hydrogens (primary N) is 1. The number of carbonyl (C=O) groups is 1. The van der Waals surface area contributed by atoms with E-state index in [-0.39, 0.29) is 5.91 Å². The smallest absolute Gasteiger partial charge is 0.242 e. The summed E-state index contributed by atoms with van der Waals surface area (Å²) in [4.78, 5) is 14.5. The Hall–Kier alpha value is -0.570. The molecule has 0 bridgehead atoms. The summed E-state index contributed by atoms with van der Waals surface area (Å²) in [5.41, 5.74) is 5.48. The van der Waals surface area contributed by atoms with Crippen molar-refractivity contribution in [2.45, 2.75) is 77.3 Å². The number of hydrogen-bond donors (Lipinski definition) is 1. The van der Waals surface area contributed by atoms with Crippen LogP contribution in [0.3, 0.4) is 0 Å². The lowest BCUT2D eigenvalue weighted by Gasteiger charge is -2.38. The van der Waals surface area contributed by atoms with Crippen LogP contribution < -0.4 is 5.73 Å². The molecule has 3 nitrogen and oxygen atoms in total. The van der Waals surface area contributed by atoms with Crippen LogP contribution in [0.1, 0.15) is 65.7 Å². The Labute approximate surface area is 106 Å². The highest BCUT2D eigenvalue weighted by Gasteiger charge is 2.34. The highest BCUT2D eigenvalue weighted by molar-refractivity contribution is 5.85. The predicted molar refractivity (Wildman–Crippen MR) is 71.8 cm³/mol. The minimum absolute atomic E-state index is 0.147. The summed E-state index contributed by atoms with van der Waals surface area (Å²) in [7, 11) is 0. The van der Waals surface area contributed by atoms with E-state index < -0.39 is 5.54 Å². The molecule has 17 heavy (non-hydrogen) atoms. The molecule has 0 saturated heterocycles. The SMILES string of the molecule is CCCC(C)(N)C(=O)N(CC)C1CCCCC1. The molecule has 3 heteroatoms. The lowest BCUT2D eigenvalue weighted by atomic mass is 9.90. The van der Waals surface area contributed by atoms with Crippen molar-refractivity contribution in [1.29, 1.82) is 0 Å². The van der Waals surface area contributed by atoms with E-state index in [2.05, 4.69) is 13.8 Å². The van der Waals surface area contributed by atoms with Crippen LogP contribution in [0.4, 0.5) is 0 Å². The molecular formula is C14H28N2O. The molecular weight excluding hydrogens is 212 g/mol. The van der Waals surface area contributed by atoms with Gasteiger partial charge in [0, 0.05) is 12.6 Å². The van der Waals surface area contributed by atoms with Gasteiger partial charge in [-0.2, -0.15) is 0 Å². The number of hydrogen-bond acceptors (Lipinski definition) is 2. The first-order valence-electron chi connectivity index (χ1n) is 7.13. The van der Waals surface area contributed by atoms with Gasteiger partial charge in [-0.15, -0.1) is 0 Å². The highest BCUT2D eigenvalue weighted by atomic mass is 16.2. The Morgan fingerprint density at radius 2 is 1.88 bits per heavy atom. The molecule has 0 radical (unpaired) electrons. The molecule has 1 amide bonds. The summed E-state index contributed by atoms with van der Waals surface area (Å²) >= 11 is 0. The van der Waals surface area contributed by atoms with Crippen LogP contribution in [0, 0.1) is 0 Å². The summed E-state index contributed by atoms with van der Waals surface area (Å²) in [6.45, 7) is 6.81. The first-order valence-corrected chi connectivity index (χ1v) is 7.13. The molecule has 0 aliphatic heterocycles. The zero-order valence-corrected chi connectivity index (χ0v) is 11.7. The van der Waals surface area contributed by atoms with E-state index in [4.69, 9.17) is 5.73 Å². The number of amides is 1. The van der Waals surface area contributed by atoms with E-state index in [1.807, 2.05) is 11.8 Å². The largest absolute Gasteiger partial charge is 0.338 e. The van der Waals surface area contributed by atoms with Gasteiger partial charge < -0.3 is 10.6 Å².